The van der Waals surface area contributed by atoms with E-state index < -0.39 is 0 Å². The number of ether oxygens (including phenoxy) is 1. The predicted molar refractivity (Wildman–Crippen MR) is 97.8 cm³/mol. The number of thiophene rings is 2. The van der Waals surface area contributed by atoms with Crippen LogP contribution in [0.15, 0.2) is 59.3 Å². The summed E-state index contributed by atoms with van der Waals surface area (Å²) in [5.41, 5.74) is 1.27. The summed E-state index contributed by atoms with van der Waals surface area (Å²) in [5.74, 6) is 0.765. The molecule has 0 radical (unpaired) electrons. The quantitative estimate of drug-likeness (QED) is 0.696. The van der Waals surface area contributed by atoms with Gasteiger partial charge in [0.1, 0.15) is 5.75 Å². The molecule has 0 aliphatic carbocycles. The molecule has 24 heavy (non-hydrogen) atoms. The molecule has 1 aliphatic heterocycles. The number of amides is 1. The molecule has 3 aromatic rings. The van der Waals surface area contributed by atoms with Crippen LogP contribution in [-0.4, -0.2) is 24.0 Å². The average Bonchev–Trinajstić information content (AvgIpc) is 3.31. The van der Waals surface area contributed by atoms with Crippen LogP contribution in [0.3, 0.4) is 0 Å². The van der Waals surface area contributed by atoms with Gasteiger partial charge in [-0.15, -0.1) is 22.7 Å². The molecule has 1 atom stereocenters. The molecule has 122 valence electrons. The minimum atomic E-state index is 0.0203. The zero-order chi connectivity index (χ0) is 16.4. The number of carbonyl (C=O) groups is 1. The lowest BCUT2D eigenvalue weighted by Crippen LogP contribution is -2.42. The SMILES string of the molecule is O=C(COc1ccccc1)N1CCc2sccc2[C@H]1c1cccs1. The van der Waals surface area contributed by atoms with Crippen molar-refractivity contribution in [2.45, 2.75) is 12.5 Å². The first kappa shape index (κ1) is 15.4. The smallest absolute Gasteiger partial charge is 0.261 e. The Balaban J connectivity index is 1.56. The van der Waals surface area contributed by atoms with Gasteiger partial charge in [0.15, 0.2) is 6.61 Å². The molecule has 1 aliphatic rings. The van der Waals surface area contributed by atoms with Crippen molar-refractivity contribution in [2.75, 3.05) is 13.2 Å². The Hall–Kier alpha value is -2.11. The van der Waals surface area contributed by atoms with E-state index in [1.165, 1.54) is 15.3 Å². The van der Waals surface area contributed by atoms with E-state index >= 15 is 0 Å². The summed E-state index contributed by atoms with van der Waals surface area (Å²) in [4.78, 5) is 17.4. The molecule has 5 heteroatoms. The highest BCUT2D eigenvalue weighted by atomic mass is 32.1. The third kappa shape index (κ3) is 2.97. The van der Waals surface area contributed by atoms with Gasteiger partial charge in [0.25, 0.3) is 5.91 Å². The zero-order valence-electron chi connectivity index (χ0n) is 13.1. The standard InChI is InChI=1S/C19H17NO2S2/c21-18(13-22-14-5-2-1-3-6-14)20-10-8-16-15(9-12-24-16)19(20)17-7-4-11-23-17/h1-7,9,11-12,19H,8,10,13H2/t19-/m0/s1. The van der Waals surface area contributed by atoms with Gasteiger partial charge >= 0.3 is 0 Å². The van der Waals surface area contributed by atoms with Gasteiger partial charge in [-0.25, -0.2) is 0 Å². The van der Waals surface area contributed by atoms with Crippen molar-refractivity contribution in [2.24, 2.45) is 0 Å². The molecule has 1 aromatic carbocycles. The van der Waals surface area contributed by atoms with E-state index in [0.29, 0.717) is 0 Å². The van der Waals surface area contributed by atoms with Crippen LogP contribution in [0.2, 0.25) is 0 Å². The summed E-state index contributed by atoms with van der Waals surface area (Å²) in [7, 11) is 0. The van der Waals surface area contributed by atoms with Crippen molar-refractivity contribution >= 4 is 28.6 Å². The van der Waals surface area contributed by atoms with Crippen molar-refractivity contribution in [3.05, 3.63) is 74.6 Å². The number of hydrogen-bond donors (Lipinski definition) is 0. The number of fused-ring (bicyclic) bond motifs is 1. The third-order valence-electron chi connectivity index (χ3n) is 4.20. The Labute approximate surface area is 149 Å². The molecule has 0 saturated carbocycles. The fourth-order valence-electron chi connectivity index (χ4n) is 3.08. The summed E-state index contributed by atoms with van der Waals surface area (Å²) in [6, 6.07) is 15.8. The van der Waals surface area contributed by atoms with E-state index in [4.69, 9.17) is 4.74 Å². The molecule has 0 N–H and O–H groups in total. The normalized spacial score (nSPS) is 16.7. The fourth-order valence-corrected chi connectivity index (χ4v) is 4.84. The summed E-state index contributed by atoms with van der Waals surface area (Å²) in [6.45, 7) is 0.818. The number of benzene rings is 1. The maximum atomic E-state index is 12.8. The van der Waals surface area contributed by atoms with Gasteiger partial charge in [0.2, 0.25) is 0 Å². The van der Waals surface area contributed by atoms with Crippen LogP contribution in [0.25, 0.3) is 0 Å². The zero-order valence-corrected chi connectivity index (χ0v) is 14.7. The average molecular weight is 355 g/mol. The number of carbonyl (C=O) groups excluding carboxylic acids is 1. The fraction of sp³-hybridized carbons (Fsp3) is 0.211. The second-order valence-corrected chi connectivity index (χ2v) is 7.64. The molecule has 3 nitrogen and oxygen atoms in total. The molecule has 0 spiro atoms. The van der Waals surface area contributed by atoms with Crippen LogP contribution in [0.4, 0.5) is 0 Å². The van der Waals surface area contributed by atoms with Crippen LogP contribution in [-0.2, 0) is 11.2 Å². The molecule has 4 rings (SSSR count). The van der Waals surface area contributed by atoms with Crippen molar-refractivity contribution in [1.29, 1.82) is 0 Å². The molecule has 2 aromatic heterocycles. The largest absolute Gasteiger partial charge is 0.484 e. The first-order valence-electron chi connectivity index (χ1n) is 7.90. The Bertz CT molecular complexity index is 811. The first-order valence-corrected chi connectivity index (χ1v) is 9.66. The summed E-state index contributed by atoms with van der Waals surface area (Å²) in [5, 5.41) is 4.19. The highest BCUT2D eigenvalue weighted by Crippen LogP contribution is 2.39. The van der Waals surface area contributed by atoms with Gasteiger partial charge in [-0.05, 0) is 47.0 Å². The van der Waals surface area contributed by atoms with Crippen LogP contribution < -0.4 is 4.74 Å². The van der Waals surface area contributed by atoms with E-state index in [0.717, 1.165) is 18.7 Å². The molecule has 0 bridgehead atoms. The van der Waals surface area contributed by atoms with E-state index in [1.807, 2.05) is 41.3 Å². The first-order chi connectivity index (χ1) is 11.8. The summed E-state index contributed by atoms with van der Waals surface area (Å²) < 4.78 is 5.67. The lowest BCUT2D eigenvalue weighted by Gasteiger charge is -2.35. The summed E-state index contributed by atoms with van der Waals surface area (Å²) >= 11 is 3.49. The molecule has 0 saturated heterocycles. The van der Waals surface area contributed by atoms with Gasteiger partial charge in [0.05, 0.1) is 6.04 Å². The van der Waals surface area contributed by atoms with E-state index in [9.17, 15) is 4.79 Å². The predicted octanol–water partition coefficient (Wildman–Crippen LogP) is 4.36. The second kappa shape index (κ2) is 6.79. The number of para-hydroxylation sites is 1. The molecule has 0 unspecified atom stereocenters. The van der Waals surface area contributed by atoms with Gasteiger partial charge in [-0.3, -0.25) is 4.79 Å². The minimum Gasteiger partial charge on any atom is -0.484 e. The molecule has 1 amide bonds. The topological polar surface area (TPSA) is 29.5 Å². The number of hydrogen-bond acceptors (Lipinski definition) is 4. The monoisotopic (exact) mass is 355 g/mol. The highest BCUT2D eigenvalue weighted by Gasteiger charge is 2.33. The molecular weight excluding hydrogens is 338 g/mol. The van der Waals surface area contributed by atoms with Crippen LogP contribution in [0.5, 0.6) is 5.75 Å². The lowest BCUT2D eigenvalue weighted by molar-refractivity contribution is -0.135. The Morgan fingerprint density at radius 3 is 2.75 bits per heavy atom. The third-order valence-corrected chi connectivity index (χ3v) is 6.13. The molecule has 3 heterocycles. The van der Waals surface area contributed by atoms with Crippen molar-refractivity contribution < 1.29 is 9.53 Å². The van der Waals surface area contributed by atoms with Gasteiger partial charge in [0, 0.05) is 16.3 Å². The van der Waals surface area contributed by atoms with Gasteiger partial charge < -0.3 is 9.64 Å². The van der Waals surface area contributed by atoms with E-state index in [-0.39, 0.29) is 18.6 Å². The molecular formula is C19H17NO2S2. The number of rotatable bonds is 4. The Morgan fingerprint density at radius 2 is 1.96 bits per heavy atom. The van der Waals surface area contributed by atoms with Gasteiger partial charge in [-0.1, -0.05) is 24.3 Å². The maximum Gasteiger partial charge on any atom is 0.261 e. The van der Waals surface area contributed by atoms with Crippen LogP contribution in [0.1, 0.15) is 21.4 Å². The Kier molecular flexibility index (Phi) is 4.36. The summed E-state index contributed by atoms with van der Waals surface area (Å²) in [6.07, 6.45) is 0.923. The Morgan fingerprint density at radius 1 is 1.08 bits per heavy atom. The second-order valence-electron chi connectivity index (χ2n) is 5.66. The van der Waals surface area contributed by atoms with Crippen molar-refractivity contribution in [3.8, 4) is 5.75 Å². The van der Waals surface area contributed by atoms with Crippen LogP contribution in [0, 0.1) is 0 Å². The number of nitrogens with zero attached hydrogens (tertiary/aromatic N) is 1. The highest BCUT2D eigenvalue weighted by molar-refractivity contribution is 7.10. The van der Waals surface area contributed by atoms with E-state index in [1.54, 1.807) is 22.7 Å². The van der Waals surface area contributed by atoms with Crippen LogP contribution >= 0.6 is 22.7 Å². The van der Waals surface area contributed by atoms with Crippen molar-refractivity contribution in [1.82, 2.24) is 4.90 Å². The molecule has 0 fully saturated rings. The minimum absolute atomic E-state index is 0.0203. The lowest BCUT2D eigenvalue weighted by atomic mass is 9.98. The maximum absolute atomic E-state index is 12.8. The van der Waals surface area contributed by atoms with E-state index in [2.05, 4.69) is 22.9 Å². The van der Waals surface area contributed by atoms with Crippen molar-refractivity contribution in [3.63, 3.8) is 0 Å². The van der Waals surface area contributed by atoms with Gasteiger partial charge in [-0.2, -0.15) is 0 Å².